The van der Waals surface area contributed by atoms with Crippen molar-refractivity contribution >= 4 is 99.3 Å². The van der Waals surface area contributed by atoms with Gasteiger partial charge in [0.1, 0.15) is 23.3 Å². The Morgan fingerprint density at radius 2 is 0.491 bits per heavy atom. The maximum atomic E-state index is 13.7. The quantitative estimate of drug-likeness (QED) is 0.151. The van der Waals surface area contributed by atoms with E-state index >= 15 is 0 Å². The number of nitriles is 2. The zero-order chi connectivity index (χ0) is 74.2. The van der Waals surface area contributed by atoms with Crippen molar-refractivity contribution in [2.45, 2.75) is 105 Å². The molecule has 0 atom stereocenters. The second kappa shape index (κ2) is 23.7. The molecule has 0 aliphatic rings. The highest BCUT2D eigenvalue weighted by molar-refractivity contribution is 6.14. The molecule has 13 aromatic carbocycles. The monoisotopic (exact) mass is 1400 g/mol. The summed E-state index contributed by atoms with van der Waals surface area (Å²) < 4.78 is 13.6. The Labute approximate surface area is 627 Å². The van der Waals surface area contributed by atoms with Gasteiger partial charge in [0, 0.05) is 21.5 Å². The van der Waals surface area contributed by atoms with E-state index < -0.39 is 0 Å². The summed E-state index contributed by atoms with van der Waals surface area (Å²) in [4.78, 5) is 11.6. The minimum absolute atomic E-state index is 0.225. The molecule has 0 radical (unpaired) electrons. The van der Waals surface area contributed by atoms with Crippen molar-refractivity contribution in [3.63, 3.8) is 0 Å². The van der Waals surface area contributed by atoms with Crippen LogP contribution in [0, 0.1) is 22.7 Å². The molecule has 6 heterocycles. The Hall–Kier alpha value is -13.0. The molecule has 0 N–H and O–H groups in total. The van der Waals surface area contributed by atoms with Crippen molar-refractivity contribution < 1.29 is 0 Å². The van der Waals surface area contributed by atoms with Gasteiger partial charge in [0.15, 0.2) is 0 Å². The molecule has 0 bridgehead atoms. The molecule has 0 spiro atoms. The lowest BCUT2D eigenvalue weighted by Gasteiger charge is -2.26. The first-order valence-corrected chi connectivity index (χ1v) is 37.4. The maximum absolute atomic E-state index is 13.7. The van der Waals surface area contributed by atoms with E-state index in [2.05, 4.69) is 377 Å². The van der Waals surface area contributed by atoms with E-state index in [0.717, 1.165) is 132 Å². The molecule has 0 fully saturated rings. The molecule has 0 amide bonds. The van der Waals surface area contributed by atoms with Crippen molar-refractivity contribution in [3.05, 3.63) is 300 Å². The van der Waals surface area contributed by atoms with Gasteiger partial charge in [0.2, 0.25) is 11.6 Å². The molecule has 6 aromatic heterocycles. The number of rotatable bonds is 8. The Morgan fingerprint density at radius 1 is 0.241 bits per heavy atom. The van der Waals surface area contributed by atoms with Gasteiger partial charge in [0.05, 0.1) is 88.9 Å². The molecular weight excluding hydrogens is 1320 g/mol. The van der Waals surface area contributed by atoms with Crippen LogP contribution in [0.2, 0.25) is 0 Å². The second-order valence-corrected chi connectivity index (χ2v) is 33.4. The molecule has 19 aromatic rings. The van der Waals surface area contributed by atoms with Crippen LogP contribution in [0.25, 0.3) is 167 Å². The third-order valence-corrected chi connectivity index (χ3v) is 22.5. The second-order valence-electron chi connectivity index (χ2n) is 33.4. The lowest BCUT2D eigenvalue weighted by atomic mass is 9.85. The van der Waals surface area contributed by atoms with Crippen molar-refractivity contribution in [1.82, 2.24) is 37.0 Å². The molecule has 0 saturated carbocycles. The van der Waals surface area contributed by atoms with E-state index in [0.29, 0.717) is 45.4 Å². The number of aromatic nitrogens is 8. The molecule has 108 heavy (non-hydrogen) atoms. The number of hydrogen-bond donors (Lipinski definition) is 0. The van der Waals surface area contributed by atoms with Gasteiger partial charge >= 0.3 is 0 Å². The Balaban J connectivity index is 1.09. The Bertz CT molecular complexity index is 6510. The minimum Gasteiger partial charge on any atom is -0.306 e. The molecule has 0 aliphatic carbocycles. The zero-order valence-corrected chi connectivity index (χ0v) is 62.9. The Kier molecular flexibility index (Phi) is 14.4. The summed E-state index contributed by atoms with van der Waals surface area (Å²) in [6.45, 7) is 27.2. The molecule has 0 saturated heterocycles. The van der Waals surface area contributed by atoms with Crippen molar-refractivity contribution in [2.24, 2.45) is 0 Å². The zero-order valence-electron chi connectivity index (χ0n) is 62.9. The predicted molar refractivity (Wildman–Crippen MR) is 447 cm³/mol. The van der Waals surface area contributed by atoms with Crippen LogP contribution in [0.1, 0.15) is 116 Å². The normalized spacial score (nSPS) is 12.6. The van der Waals surface area contributed by atoms with Gasteiger partial charge in [-0.3, -0.25) is 17.9 Å². The first kappa shape index (κ1) is 65.7. The van der Waals surface area contributed by atoms with Gasteiger partial charge < -0.3 is 9.13 Å². The lowest BCUT2D eigenvalue weighted by Crippen LogP contribution is -2.17. The van der Waals surface area contributed by atoms with Gasteiger partial charge in [0.25, 0.3) is 0 Å². The van der Waals surface area contributed by atoms with Gasteiger partial charge in [-0.2, -0.15) is 10.5 Å². The topological polar surface area (TPSA) is 102 Å². The third kappa shape index (κ3) is 10.1. The van der Waals surface area contributed by atoms with Crippen LogP contribution < -0.4 is 0 Å². The SMILES string of the molecule is CC(C)(C)c1ccc2c(c1)c1cc(C(C)(C)C)ccc1n2-c1c(C#N)c(-n2c3ccc(C(C)(C)C)cc3c3cc(C(C)(C)C)ccc32)c(-n2c3ccc(-c4ccccc4)cc3n3c4cc(-c5ccccc5)ccc4nc23)c(C#N)c1-n1c2ccc(-c3ccccc3)cc2n2c3cc(-c4ccccc4)ccc3nc12. The summed E-state index contributed by atoms with van der Waals surface area (Å²) >= 11 is 0. The standard InChI is InChI=1S/C98H80N10/c1-95(2,3)67-37-45-79-71(53-67)72-54-68(96(4,5)6)38-46-80(72)103(79)89-75(57-99)90(104-81-47-39-69(97(7,8)9)55-73(81)74-56-70(98(10,11)12)40-48-82(74)104)92(108-84-44-36-66(62-31-23-16-24-32-62)52-88(84)106-86-50-64(60-27-19-14-20-28-60)34-42-78(86)102-94(106)108)76(58-100)91(89)107-83-43-35-65(61-29-21-15-22-30-61)51-87(83)105-85-49-63(59-25-17-13-18-26-59)33-41-77(85)101-93(105)107/h13-56H,1-12H3. The third-order valence-electron chi connectivity index (χ3n) is 22.5. The highest BCUT2D eigenvalue weighted by atomic mass is 15.3. The number of fused-ring (bicyclic) bond motifs is 16. The average Bonchev–Trinajstić information content (AvgIpc) is 1.49. The summed E-state index contributed by atoms with van der Waals surface area (Å²) in [7, 11) is 0. The summed E-state index contributed by atoms with van der Waals surface area (Å²) in [5.74, 6) is 1.13. The number of nitrogens with zero attached hydrogens (tertiary/aromatic N) is 10. The molecule has 10 nitrogen and oxygen atoms in total. The maximum Gasteiger partial charge on any atom is 0.220 e. The van der Waals surface area contributed by atoms with Crippen molar-refractivity contribution in [1.29, 1.82) is 10.5 Å². The summed E-state index contributed by atoms with van der Waals surface area (Å²) in [6.07, 6.45) is 0. The van der Waals surface area contributed by atoms with Crippen LogP contribution in [0.15, 0.2) is 267 Å². The van der Waals surface area contributed by atoms with Crippen LogP contribution in [0.3, 0.4) is 0 Å². The van der Waals surface area contributed by atoms with Crippen molar-refractivity contribution in [2.75, 3.05) is 0 Å². The van der Waals surface area contributed by atoms with Crippen LogP contribution >= 0.6 is 0 Å². The first-order chi connectivity index (χ1) is 52.0. The minimum atomic E-state index is -0.225. The fourth-order valence-electron chi connectivity index (χ4n) is 16.8. The molecular formula is C98H80N10. The van der Waals surface area contributed by atoms with Gasteiger partial charge in [-0.1, -0.05) is 253 Å². The average molecular weight is 1400 g/mol. The molecule has 10 heteroatoms. The summed E-state index contributed by atoms with van der Waals surface area (Å²) in [5.41, 5.74) is 24.9. The summed E-state index contributed by atoms with van der Waals surface area (Å²) in [5, 5.41) is 31.5. The van der Waals surface area contributed by atoms with Gasteiger partial charge in [-0.15, -0.1) is 0 Å². The highest BCUT2D eigenvalue weighted by Gasteiger charge is 2.37. The Morgan fingerprint density at radius 3 is 0.759 bits per heavy atom. The van der Waals surface area contributed by atoms with Crippen LogP contribution in [-0.4, -0.2) is 37.0 Å². The summed E-state index contributed by atoms with van der Waals surface area (Å²) in [6, 6.07) is 102. The smallest absolute Gasteiger partial charge is 0.220 e. The van der Waals surface area contributed by atoms with E-state index in [9.17, 15) is 10.5 Å². The van der Waals surface area contributed by atoms with Gasteiger partial charge in [-0.25, -0.2) is 9.97 Å². The fraction of sp³-hybridized carbons (Fsp3) is 0.163. The van der Waals surface area contributed by atoms with Gasteiger partial charge in [-0.05, 0) is 185 Å². The lowest BCUT2D eigenvalue weighted by molar-refractivity contribution is 0.590. The van der Waals surface area contributed by atoms with E-state index in [1.54, 1.807) is 0 Å². The molecule has 19 rings (SSSR count). The van der Waals surface area contributed by atoms with Crippen LogP contribution in [0.5, 0.6) is 0 Å². The molecule has 522 valence electrons. The number of benzene rings is 13. The van der Waals surface area contributed by atoms with Crippen LogP contribution in [-0.2, 0) is 21.7 Å². The van der Waals surface area contributed by atoms with E-state index in [4.69, 9.17) is 9.97 Å². The number of hydrogen-bond acceptors (Lipinski definition) is 4. The molecule has 0 unspecified atom stereocenters. The first-order valence-electron chi connectivity index (χ1n) is 37.4. The van der Waals surface area contributed by atoms with E-state index in [1.807, 2.05) is 12.1 Å². The predicted octanol–water partition coefficient (Wildman–Crippen LogP) is 25.0. The van der Waals surface area contributed by atoms with E-state index in [-0.39, 0.29) is 21.7 Å². The van der Waals surface area contributed by atoms with E-state index in [1.165, 1.54) is 22.3 Å². The number of imidazole rings is 4. The van der Waals surface area contributed by atoms with Crippen LogP contribution in [0.4, 0.5) is 0 Å². The largest absolute Gasteiger partial charge is 0.306 e. The fourth-order valence-corrected chi connectivity index (χ4v) is 16.8. The van der Waals surface area contributed by atoms with Crippen molar-refractivity contribution in [3.8, 4) is 79.4 Å². The molecule has 0 aliphatic heterocycles. The highest BCUT2D eigenvalue weighted by Crippen LogP contribution is 2.51.